The molecule has 3 rings (SSSR count). The number of aromatic nitrogens is 1. The highest BCUT2D eigenvalue weighted by molar-refractivity contribution is 6.18. The Morgan fingerprint density at radius 2 is 1.70 bits per heavy atom. The van der Waals surface area contributed by atoms with E-state index in [9.17, 15) is 0 Å². The van der Waals surface area contributed by atoms with E-state index in [0.29, 0.717) is 25.6 Å². The Kier molecular flexibility index (Phi) is 8.18. The molecule has 2 N–H and O–H groups in total. The summed E-state index contributed by atoms with van der Waals surface area (Å²) in [7, 11) is 0. The minimum absolute atomic E-state index is 0.308. The molecule has 1 aromatic heterocycles. The first kappa shape index (κ1) is 21.3. The first-order chi connectivity index (χ1) is 14.8. The molecule has 5 heteroatoms. The summed E-state index contributed by atoms with van der Waals surface area (Å²) in [4.78, 5) is 8.47. The van der Waals surface area contributed by atoms with Crippen LogP contribution in [-0.4, -0.2) is 24.5 Å². The van der Waals surface area contributed by atoms with Crippen LogP contribution in [0.25, 0.3) is 11.3 Å². The summed E-state index contributed by atoms with van der Waals surface area (Å²) < 4.78 is 11.3. The van der Waals surface area contributed by atoms with Crippen LogP contribution in [0.4, 0.5) is 0 Å². The molecule has 0 aliphatic carbocycles. The van der Waals surface area contributed by atoms with Crippen molar-refractivity contribution in [2.24, 2.45) is 10.7 Å². The molecule has 154 valence electrons. The van der Waals surface area contributed by atoms with Gasteiger partial charge in [0.05, 0.1) is 0 Å². The molecule has 3 aromatic rings. The van der Waals surface area contributed by atoms with Crippen molar-refractivity contribution >= 4 is 17.5 Å². The Labute approximate surface area is 177 Å². The quantitative estimate of drug-likeness (QED) is 0.386. The zero-order valence-corrected chi connectivity index (χ0v) is 17.2. The van der Waals surface area contributed by atoms with E-state index >= 15 is 0 Å². The minimum atomic E-state index is 0.308. The van der Waals surface area contributed by atoms with Crippen molar-refractivity contribution < 1.29 is 9.47 Å². The molecule has 5 nitrogen and oxygen atoms in total. The summed E-state index contributed by atoms with van der Waals surface area (Å²) in [5.41, 5.74) is 11.0. The minimum Gasteiger partial charge on any atom is -0.489 e. The van der Waals surface area contributed by atoms with Gasteiger partial charge in [0.25, 0.3) is 0 Å². The number of allylic oxidation sites excluding steroid dienone is 1. The third kappa shape index (κ3) is 6.29. The number of nitrogens with zero attached hydrogens (tertiary/aromatic N) is 2. The van der Waals surface area contributed by atoms with Gasteiger partial charge in [-0.05, 0) is 59.5 Å². The molecule has 0 bridgehead atoms. The predicted molar refractivity (Wildman–Crippen MR) is 122 cm³/mol. The maximum absolute atomic E-state index is 6.51. The topological polar surface area (TPSA) is 69.7 Å². The van der Waals surface area contributed by atoms with E-state index in [0.717, 1.165) is 34.4 Å². The highest BCUT2D eigenvalue weighted by Crippen LogP contribution is 2.23. The van der Waals surface area contributed by atoms with Crippen LogP contribution in [0.5, 0.6) is 5.75 Å². The van der Waals surface area contributed by atoms with Crippen LogP contribution in [0, 0.1) is 0 Å². The first-order valence-corrected chi connectivity index (χ1v) is 10.0. The largest absolute Gasteiger partial charge is 0.489 e. The van der Waals surface area contributed by atoms with Gasteiger partial charge in [0.15, 0.2) is 0 Å². The van der Waals surface area contributed by atoms with Crippen molar-refractivity contribution in [2.75, 3.05) is 13.3 Å². The average molecular weight is 402 g/mol. The number of pyridine rings is 1. The molecular weight excluding hydrogens is 374 g/mol. The summed E-state index contributed by atoms with van der Waals surface area (Å²) in [6.45, 7) is 3.59. The van der Waals surface area contributed by atoms with Crippen molar-refractivity contribution in [3.8, 4) is 5.75 Å². The number of ether oxygens (including phenoxy) is 2. The van der Waals surface area contributed by atoms with Crippen molar-refractivity contribution in [1.29, 1.82) is 0 Å². The molecule has 0 saturated carbocycles. The van der Waals surface area contributed by atoms with Crippen molar-refractivity contribution in [2.45, 2.75) is 20.0 Å². The van der Waals surface area contributed by atoms with Crippen LogP contribution in [0.2, 0.25) is 0 Å². The Hall–Kier alpha value is -3.44. The fourth-order valence-electron chi connectivity index (χ4n) is 2.85. The van der Waals surface area contributed by atoms with E-state index in [1.165, 1.54) is 0 Å². The third-order valence-electron chi connectivity index (χ3n) is 4.43. The Balaban J connectivity index is 1.76. The number of nitrogens with two attached hydrogens (primary N) is 1. The molecule has 0 unspecified atom stereocenters. The molecule has 0 saturated heterocycles. The first-order valence-electron chi connectivity index (χ1n) is 10.0. The van der Waals surface area contributed by atoms with Crippen LogP contribution < -0.4 is 10.5 Å². The Bertz CT molecular complexity index is 953. The van der Waals surface area contributed by atoms with Crippen LogP contribution in [0.15, 0.2) is 84.1 Å². The Morgan fingerprint density at radius 3 is 2.40 bits per heavy atom. The predicted octanol–water partition coefficient (Wildman–Crippen LogP) is 4.94. The normalized spacial score (nSPS) is 12.0. The molecule has 0 aliphatic rings. The third-order valence-corrected chi connectivity index (χ3v) is 4.43. The fraction of sp³-hybridized carbons (Fsp3) is 0.200. The highest BCUT2D eigenvalue weighted by atomic mass is 16.5. The van der Waals surface area contributed by atoms with Crippen molar-refractivity contribution in [1.82, 2.24) is 4.98 Å². The maximum atomic E-state index is 6.51. The molecule has 30 heavy (non-hydrogen) atoms. The molecule has 2 aromatic carbocycles. The van der Waals surface area contributed by atoms with Crippen LogP contribution in [0.3, 0.4) is 0 Å². The molecule has 0 spiro atoms. The van der Waals surface area contributed by atoms with Gasteiger partial charge in [0.1, 0.15) is 19.1 Å². The smallest absolute Gasteiger partial charge is 0.137 e. The second kappa shape index (κ2) is 11.5. The van der Waals surface area contributed by atoms with E-state index in [2.05, 4.69) is 16.9 Å². The second-order valence-corrected chi connectivity index (χ2v) is 6.71. The van der Waals surface area contributed by atoms with E-state index in [-0.39, 0.29) is 0 Å². The van der Waals surface area contributed by atoms with Crippen LogP contribution in [-0.2, 0) is 11.3 Å². The molecule has 0 radical (unpaired) electrons. The molecule has 0 atom stereocenters. The van der Waals surface area contributed by atoms with Gasteiger partial charge in [0.2, 0.25) is 0 Å². The zero-order valence-electron chi connectivity index (χ0n) is 17.2. The molecular formula is C25H27N3O2. The van der Waals surface area contributed by atoms with Gasteiger partial charge in [-0.2, -0.15) is 0 Å². The molecule has 0 amide bonds. The molecule has 0 aliphatic heterocycles. The SMILES string of the molecule is CCCOCN=CC(=C(N)c1ccc(OCc2ccccc2)cc1)c1ccncc1. The van der Waals surface area contributed by atoms with Crippen molar-refractivity contribution in [3.63, 3.8) is 0 Å². The molecule has 1 heterocycles. The summed E-state index contributed by atoms with van der Waals surface area (Å²) in [6, 6.07) is 21.7. The van der Waals surface area contributed by atoms with Gasteiger partial charge >= 0.3 is 0 Å². The zero-order chi connectivity index (χ0) is 21.0. The number of benzene rings is 2. The van der Waals surface area contributed by atoms with Gasteiger partial charge in [0, 0.05) is 36.5 Å². The lowest BCUT2D eigenvalue weighted by atomic mass is 10.0. The lowest BCUT2D eigenvalue weighted by molar-refractivity contribution is 0.143. The van der Waals surface area contributed by atoms with Gasteiger partial charge in [-0.1, -0.05) is 37.3 Å². The van der Waals surface area contributed by atoms with Crippen LogP contribution >= 0.6 is 0 Å². The van der Waals surface area contributed by atoms with Crippen LogP contribution in [0.1, 0.15) is 30.0 Å². The number of hydrogen-bond acceptors (Lipinski definition) is 5. The lowest BCUT2D eigenvalue weighted by Gasteiger charge is -2.11. The van der Waals surface area contributed by atoms with Gasteiger partial charge in [-0.15, -0.1) is 0 Å². The molecule has 0 fully saturated rings. The number of aliphatic imine (C=N–C) groups is 1. The lowest BCUT2D eigenvalue weighted by Crippen LogP contribution is -2.04. The second-order valence-electron chi connectivity index (χ2n) is 6.71. The van der Waals surface area contributed by atoms with E-state index in [1.807, 2.05) is 66.7 Å². The Morgan fingerprint density at radius 1 is 0.967 bits per heavy atom. The number of rotatable bonds is 10. The standard InChI is InChI=1S/C25H27N3O2/c1-2-16-29-19-28-17-24(21-12-14-27-15-13-21)25(26)22-8-10-23(11-9-22)30-18-20-6-4-3-5-7-20/h3-15,17H,2,16,18-19,26H2,1H3. The van der Waals surface area contributed by atoms with E-state index < -0.39 is 0 Å². The average Bonchev–Trinajstić information content (AvgIpc) is 2.81. The summed E-state index contributed by atoms with van der Waals surface area (Å²) >= 11 is 0. The van der Waals surface area contributed by atoms with E-state index in [4.69, 9.17) is 15.2 Å². The van der Waals surface area contributed by atoms with Gasteiger partial charge in [-0.3, -0.25) is 9.98 Å². The summed E-state index contributed by atoms with van der Waals surface area (Å²) in [6.07, 6.45) is 6.21. The highest BCUT2D eigenvalue weighted by Gasteiger charge is 2.08. The number of hydrogen-bond donors (Lipinski definition) is 1. The summed E-state index contributed by atoms with van der Waals surface area (Å²) in [5, 5.41) is 0. The monoisotopic (exact) mass is 401 g/mol. The summed E-state index contributed by atoms with van der Waals surface area (Å²) in [5.74, 6) is 0.794. The fourth-order valence-corrected chi connectivity index (χ4v) is 2.85. The van der Waals surface area contributed by atoms with E-state index in [1.54, 1.807) is 18.6 Å². The maximum Gasteiger partial charge on any atom is 0.137 e. The van der Waals surface area contributed by atoms with Gasteiger partial charge in [-0.25, -0.2) is 0 Å². The van der Waals surface area contributed by atoms with Crippen molar-refractivity contribution in [3.05, 3.63) is 95.8 Å². The van der Waals surface area contributed by atoms with Gasteiger partial charge < -0.3 is 15.2 Å².